The summed E-state index contributed by atoms with van der Waals surface area (Å²) in [6.45, 7) is 5.74. The number of nitrogen functional groups attached to an aromatic ring is 1. The van der Waals surface area contributed by atoms with Gasteiger partial charge in [-0.1, -0.05) is 6.92 Å². The molecule has 17 heavy (non-hydrogen) atoms. The number of aromatic nitrogens is 2. The summed E-state index contributed by atoms with van der Waals surface area (Å²) in [6.07, 6.45) is 1.10. The highest BCUT2D eigenvalue weighted by molar-refractivity contribution is 5.92. The first-order valence-electron chi connectivity index (χ1n) is 5.84. The maximum absolute atomic E-state index is 11.6. The van der Waals surface area contributed by atoms with E-state index in [0.717, 1.165) is 13.0 Å². The Hall–Kier alpha value is -1.56. The van der Waals surface area contributed by atoms with E-state index in [1.54, 1.807) is 0 Å². The van der Waals surface area contributed by atoms with E-state index in [0.29, 0.717) is 24.1 Å². The Morgan fingerprint density at radius 1 is 1.71 bits per heavy atom. The zero-order valence-corrected chi connectivity index (χ0v) is 10.7. The number of rotatable bonds is 6. The fourth-order valence-electron chi connectivity index (χ4n) is 1.43. The molecule has 1 aromatic heterocycles. The molecule has 0 aliphatic carbocycles. The number of H-pyrrole nitrogens is 1. The SMILES string of the molecule is CCC(C)N(C)CCNC(=O)c1cc(N)n[nH]1. The molecule has 0 spiro atoms. The van der Waals surface area contributed by atoms with Gasteiger partial charge in [0.2, 0.25) is 0 Å². The second-order valence-electron chi connectivity index (χ2n) is 4.20. The van der Waals surface area contributed by atoms with Crippen molar-refractivity contribution in [1.82, 2.24) is 20.4 Å². The van der Waals surface area contributed by atoms with Crippen LogP contribution in [0.15, 0.2) is 6.07 Å². The van der Waals surface area contributed by atoms with Crippen LogP contribution in [-0.4, -0.2) is 47.2 Å². The van der Waals surface area contributed by atoms with Crippen molar-refractivity contribution in [1.29, 1.82) is 0 Å². The van der Waals surface area contributed by atoms with Gasteiger partial charge in [-0.3, -0.25) is 9.89 Å². The molecule has 1 aromatic rings. The summed E-state index contributed by atoms with van der Waals surface area (Å²) >= 11 is 0. The molecule has 0 fully saturated rings. The number of likely N-dealkylation sites (N-methyl/N-ethyl adjacent to an activating group) is 1. The van der Waals surface area contributed by atoms with Crippen molar-refractivity contribution in [3.63, 3.8) is 0 Å². The van der Waals surface area contributed by atoms with Gasteiger partial charge in [0.15, 0.2) is 0 Å². The molecule has 96 valence electrons. The lowest BCUT2D eigenvalue weighted by atomic mass is 10.2. The molecule has 0 aromatic carbocycles. The fraction of sp³-hybridized carbons (Fsp3) is 0.636. The van der Waals surface area contributed by atoms with Crippen LogP contribution in [0.1, 0.15) is 30.8 Å². The van der Waals surface area contributed by atoms with Crippen molar-refractivity contribution in [3.05, 3.63) is 11.8 Å². The number of hydrogen-bond donors (Lipinski definition) is 3. The molecule has 1 amide bonds. The van der Waals surface area contributed by atoms with Crippen LogP contribution in [0, 0.1) is 0 Å². The molecule has 0 saturated carbocycles. The van der Waals surface area contributed by atoms with Crippen LogP contribution in [0.5, 0.6) is 0 Å². The van der Waals surface area contributed by atoms with Gasteiger partial charge in [0.05, 0.1) is 0 Å². The zero-order chi connectivity index (χ0) is 12.8. The molecule has 1 unspecified atom stereocenters. The van der Waals surface area contributed by atoms with Crippen LogP contribution in [0.4, 0.5) is 5.82 Å². The van der Waals surface area contributed by atoms with Gasteiger partial charge in [-0.2, -0.15) is 5.10 Å². The van der Waals surface area contributed by atoms with Crippen molar-refractivity contribution < 1.29 is 4.79 Å². The van der Waals surface area contributed by atoms with E-state index in [-0.39, 0.29) is 5.91 Å². The first-order valence-corrected chi connectivity index (χ1v) is 5.84. The standard InChI is InChI=1S/C11H21N5O/c1-4-8(2)16(3)6-5-13-11(17)9-7-10(12)15-14-9/h7-8H,4-6H2,1-3H3,(H,13,17)(H3,12,14,15). The quantitative estimate of drug-likeness (QED) is 0.672. The summed E-state index contributed by atoms with van der Waals surface area (Å²) in [7, 11) is 2.05. The number of amides is 1. The Bertz CT molecular complexity index is 362. The highest BCUT2D eigenvalue weighted by Crippen LogP contribution is 2.00. The Balaban J connectivity index is 2.30. The average Bonchev–Trinajstić information content (AvgIpc) is 2.74. The second-order valence-corrected chi connectivity index (χ2v) is 4.20. The predicted molar refractivity (Wildman–Crippen MR) is 67.7 cm³/mol. The Kier molecular flexibility index (Phi) is 4.96. The van der Waals surface area contributed by atoms with Gasteiger partial charge in [0.25, 0.3) is 5.91 Å². The number of nitrogens with zero attached hydrogens (tertiary/aromatic N) is 2. The van der Waals surface area contributed by atoms with E-state index in [4.69, 9.17) is 5.73 Å². The third kappa shape index (κ3) is 4.07. The first-order chi connectivity index (χ1) is 8.04. The van der Waals surface area contributed by atoms with Crippen molar-refractivity contribution in [2.45, 2.75) is 26.3 Å². The van der Waals surface area contributed by atoms with Gasteiger partial charge in [-0.15, -0.1) is 0 Å². The largest absolute Gasteiger partial charge is 0.382 e. The number of aromatic amines is 1. The van der Waals surface area contributed by atoms with Crippen molar-refractivity contribution in [2.75, 3.05) is 25.9 Å². The van der Waals surface area contributed by atoms with E-state index in [9.17, 15) is 4.79 Å². The smallest absolute Gasteiger partial charge is 0.269 e. The normalized spacial score (nSPS) is 12.7. The molecule has 6 heteroatoms. The van der Waals surface area contributed by atoms with Gasteiger partial charge >= 0.3 is 0 Å². The fourth-order valence-corrected chi connectivity index (χ4v) is 1.43. The van der Waals surface area contributed by atoms with Crippen LogP contribution in [0.2, 0.25) is 0 Å². The monoisotopic (exact) mass is 239 g/mol. The number of anilines is 1. The molecular formula is C11H21N5O. The minimum atomic E-state index is -0.174. The van der Waals surface area contributed by atoms with Crippen molar-refractivity contribution in [2.24, 2.45) is 0 Å². The number of nitrogens with one attached hydrogen (secondary N) is 2. The third-order valence-electron chi connectivity index (χ3n) is 2.94. The minimum Gasteiger partial charge on any atom is -0.382 e. The summed E-state index contributed by atoms with van der Waals surface area (Å²) in [5.41, 5.74) is 5.82. The van der Waals surface area contributed by atoms with Gasteiger partial charge in [0, 0.05) is 25.2 Å². The molecular weight excluding hydrogens is 218 g/mol. The van der Waals surface area contributed by atoms with Gasteiger partial charge in [-0.25, -0.2) is 0 Å². The lowest BCUT2D eigenvalue weighted by molar-refractivity contribution is 0.0942. The predicted octanol–water partition coefficient (Wildman–Crippen LogP) is 0.452. The minimum absolute atomic E-state index is 0.174. The summed E-state index contributed by atoms with van der Waals surface area (Å²) in [6, 6.07) is 2.04. The molecule has 0 radical (unpaired) electrons. The van der Waals surface area contributed by atoms with E-state index < -0.39 is 0 Å². The van der Waals surface area contributed by atoms with E-state index in [1.807, 2.05) is 0 Å². The third-order valence-corrected chi connectivity index (χ3v) is 2.94. The van der Waals surface area contributed by atoms with Gasteiger partial charge < -0.3 is 16.0 Å². The molecule has 4 N–H and O–H groups in total. The van der Waals surface area contributed by atoms with Crippen molar-refractivity contribution >= 4 is 11.7 Å². The highest BCUT2D eigenvalue weighted by atomic mass is 16.1. The molecule has 0 aliphatic heterocycles. The molecule has 0 bridgehead atoms. The number of carbonyl (C=O) groups excluding carboxylic acids is 1. The number of hydrogen-bond acceptors (Lipinski definition) is 4. The Morgan fingerprint density at radius 3 is 2.94 bits per heavy atom. The van der Waals surface area contributed by atoms with E-state index >= 15 is 0 Å². The molecule has 0 saturated heterocycles. The van der Waals surface area contributed by atoms with Crippen LogP contribution >= 0.6 is 0 Å². The van der Waals surface area contributed by atoms with Crippen LogP contribution in [0.25, 0.3) is 0 Å². The van der Waals surface area contributed by atoms with E-state index in [2.05, 4.69) is 41.3 Å². The maximum atomic E-state index is 11.6. The topological polar surface area (TPSA) is 87.0 Å². The van der Waals surface area contributed by atoms with Gasteiger partial charge in [0.1, 0.15) is 11.5 Å². The number of carbonyl (C=O) groups is 1. The molecule has 0 aliphatic rings. The maximum Gasteiger partial charge on any atom is 0.269 e. The average molecular weight is 239 g/mol. The van der Waals surface area contributed by atoms with Crippen LogP contribution in [0.3, 0.4) is 0 Å². The summed E-state index contributed by atoms with van der Waals surface area (Å²) in [4.78, 5) is 13.8. The van der Waals surface area contributed by atoms with Crippen molar-refractivity contribution in [3.8, 4) is 0 Å². The van der Waals surface area contributed by atoms with Gasteiger partial charge in [-0.05, 0) is 20.4 Å². The van der Waals surface area contributed by atoms with Crippen LogP contribution < -0.4 is 11.1 Å². The van der Waals surface area contributed by atoms with E-state index in [1.165, 1.54) is 6.07 Å². The molecule has 1 rings (SSSR count). The summed E-state index contributed by atoms with van der Waals surface area (Å²) in [5, 5.41) is 9.10. The summed E-state index contributed by atoms with van der Waals surface area (Å²) < 4.78 is 0. The lowest BCUT2D eigenvalue weighted by Gasteiger charge is -2.23. The molecule has 6 nitrogen and oxygen atoms in total. The zero-order valence-electron chi connectivity index (χ0n) is 10.7. The molecule has 1 atom stereocenters. The Labute approximate surface area is 102 Å². The molecule has 1 heterocycles. The summed E-state index contributed by atoms with van der Waals surface area (Å²) in [5.74, 6) is 0.152. The lowest BCUT2D eigenvalue weighted by Crippen LogP contribution is -2.37. The second kappa shape index (κ2) is 6.24. The number of nitrogens with two attached hydrogens (primary N) is 1. The highest BCUT2D eigenvalue weighted by Gasteiger charge is 2.09. The Morgan fingerprint density at radius 2 is 2.41 bits per heavy atom. The van der Waals surface area contributed by atoms with Crippen LogP contribution in [-0.2, 0) is 0 Å². The first kappa shape index (κ1) is 13.5.